The van der Waals surface area contributed by atoms with Gasteiger partial charge in [0.2, 0.25) is 0 Å². The molecule has 3 aliphatic rings. The summed E-state index contributed by atoms with van der Waals surface area (Å²) in [4.78, 5) is 5.27. The predicted molar refractivity (Wildman–Crippen MR) is 214 cm³/mol. The number of dihydropyridines is 1. The van der Waals surface area contributed by atoms with E-state index in [0.29, 0.717) is 6.54 Å². The Bertz CT molecular complexity index is 2590. The summed E-state index contributed by atoms with van der Waals surface area (Å²) < 4.78 is 2.36. The van der Waals surface area contributed by atoms with Crippen molar-refractivity contribution in [3.63, 3.8) is 0 Å². The Hall–Kier alpha value is -6.17. The lowest BCUT2D eigenvalue weighted by Crippen LogP contribution is -2.51. The maximum absolute atomic E-state index is 5.27. The summed E-state index contributed by atoms with van der Waals surface area (Å²) in [5, 5.41) is 13.9. The van der Waals surface area contributed by atoms with Crippen LogP contribution in [0.3, 0.4) is 0 Å². The first-order chi connectivity index (χ1) is 25.5. The minimum absolute atomic E-state index is 0.0746. The van der Waals surface area contributed by atoms with Crippen molar-refractivity contribution < 1.29 is 0 Å². The monoisotopic (exact) mass is 673 g/mol. The minimum atomic E-state index is -0.0931. The van der Waals surface area contributed by atoms with Gasteiger partial charge in [-0.15, -0.1) is 0 Å². The molecular formula is C47H39N5. The SMILES string of the molecule is CC1(C)c2ccccc2-c2cc3c4ccccc4n(C4=NCC(=C5NC(c6ccccc6)NC(c6ccc(-c7ccccc7)cc6)N5)C=C4)c3cc21. The van der Waals surface area contributed by atoms with E-state index in [1.807, 2.05) is 0 Å². The number of hydrogen-bond donors (Lipinski definition) is 3. The van der Waals surface area contributed by atoms with Crippen molar-refractivity contribution in [2.45, 2.75) is 31.6 Å². The highest BCUT2D eigenvalue weighted by Crippen LogP contribution is 2.50. The highest BCUT2D eigenvalue weighted by molar-refractivity contribution is 6.17. The zero-order valence-corrected chi connectivity index (χ0v) is 29.3. The Morgan fingerprint density at radius 2 is 1.23 bits per heavy atom. The third-order valence-electron chi connectivity index (χ3n) is 11.2. The van der Waals surface area contributed by atoms with Crippen LogP contribution < -0.4 is 16.0 Å². The van der Waals surface area contributed by atoms with Crippen LogP contribution in [0.2, 0.25) is 0 Å². The van der Waals surface area contributed by atoms with Crippen LogP contribution >= 0.6 is 0 Å². The number of rotatable bonds is 3. The van der Waals surface area contributed by atoms with Gasteiger partial charge in [0.05, 0.1) is 17.6 Å². The molecule has 0 radical (unpaired) electrons. The summed E-state index contributed by atoms with van der Waals surface area (Å²) in [5.74, 6) is 1.94. The van der Waals surface area contributed by atoms with Crippen LogP contribution in [-0.2, 0) is 5.41 Å². The van der Waals surface area contributed by atoms with E-state index >= 15 is 0 Å². The number of nitrogens with one attached hydrogen (secondary N) is 3. The van der Waals surface area contributed by atoms with E-state index in [4.69, 9.17) is 4.99 Å². The van der Waals surface area contributed by atoms with E-state index in [0.717, 1.165) is 17.2 Å². The summed E-state index contributed by atoms with van der Waals surface area (Å²) in [6.45, 7) is 5.25. The molecule has 2 unspecified atom stereocenters. The van der Waals surface area contributed by atoms with Gasteiger partial charge in [-0.2, -0.15) is 0 Å². The van der Waals surface area contributed by atoms with Crippen LogP contribution in [0.1, 0.15) is 48.4 Å². The molecule has 0 saturated carbocycles. The third-order valence-corrected chi connectivity index (χ3v) is 11.2. The second-order valence-electron chi connectivity index (χ2n) is 14.6. The first-order valence-electron chi connectivity index (χ1n) is 18.2. The molecule has 5 heteroatoms. The van der Waals surface area contributed by atoms with Crippen LogP contribution in [0.4, 0.5) is 0 Å². The summed E-state index contributed by atoms with van der Waals surface area (Å²) >= 11 is 0. The van der Waals surface area contributed by atoms with Crippen LogP contribution in [0.5, 0.6) is 0 Å². The molecule has 10 rings (SSSR count). The number of fused-ring (bicyclic) bond motifs is 6. The molecule has 1 aromatic heterocycles. The summed E-state index contributed by atoms with van der Waals surface area (Å²) in [6.07, 6.45) is 4.24. The molecule has 1 aliphatic carbocycles. The van der Waals surface area contributed by atoms with Gasteiger partial charge in [0.25, 0.3) is 0 Å². The number of aromatic nitrogens is 1. The van der Waals surface area contributed by atoms with Gasteiger partial charge in [-0.3, -0.25) is 14.9 Å². The average molecular weight is 674 g/mol. The van der Waals surface area contributed by atoms with Gasteiger partial charge in [-0.25, -0.2) is 0 Å². The van der Waals surface area contributed by atoms with Gasteiger partial charge in [0.15, 0.2) is 0 Å². The maximum Gasteiger partial charge on any atom is 0.132 e. The topological polar surface area (TPSA) is 53.4 Å². The molecule has 252 valence electrons. The number of para-hydroxylation sites is 1. The fourth-order valence-corrected chi connectivity index (χ4v) is 8.43. The van der Waals surface area contributed by atoms with Crippen molar-refractivity contribution in [1.82, 2.24) is 20.5 Å². The number of hydrogen-bond acceptors (Lipinski definition) is 4. The fraction of sp³-hybridized carbons (Fsp3) is 0.128. The molecule has 0 amide bonds. The summed E-state index contributed by atoms with van der Waals surface area (Å²) in [5.41, 5.74) is 13.6. The number of allylic oxidation sites excluding steroid dienone is 1. The van der Waals surface area contributed by atoms with E-state index in [1.54, 1.807) is 0 Å². The highest BCUT2D eigenvalue weighted by atomic mass is 15.3. The van der Waals surface area contributed by atoms with Crippen LogP contribution in [0.25, 0.3) is 44.1 Å². The molecule has 3 N–H and O–H groups in total. The van der Waals surface area contributed by atoms with Crippen LogP contribution in [0.15, 0.2) is 174 Å². The van der Waals surface area contributed by atoms with Crippen LogP contribution in [0, 0.1) is 0 Å². The van der Waals surface area contributed by atoms with E-state index in [2.05, 4.69) is 192 Å². The Balaban J connectivity index is 1.02. The molecule has 2 atom stereocenters. The van der Waals surface area contributed by atoms with Crippen molar-refractivity contribution >= 4 is 27.6 Å². The fourth-order valence-electron chi connectivity index (χ4n) is 8.43. The smallest absolute Gasteiger partial charge is 0.132 e. The quantitative estimate of drug-likeness (QED) is 0.175. The largest absolute Gasteiger partial charge is 0.352 e. The lowest BCUT2D eigenvalue weighted by molar-refractivity contribution is 0.309. The second kappa shape index (κ2) is 12.0. The predicted octanol–water partition coefficient (Wildman–Crippen LogP) is 9.98. The van der Waals surface area contributed by atoms with E-state index < -0.39 is 0 Å². The van der Waals surface area contributed by atoms with Gasteiger partial charge in [0.1, 0.15) is 24.0 Å². The normalized spacial score (nSPS) is 20.2. The lowest BCUT2D eigenvalue weighted by atomic mass is 9.82. The van der Waals surface area contributed by atoms with Gasteiger partial charge in [-0.1, -0.05) is 141 Å². The second-order valence-corrected chi connectivity index (χ2v) is 14.6. The molecule has 1 fully saturated rings. The van der Waals surface area contributed by atoms with Gasteiger partial charge in [-0.05, 0) is 74.9 Å². The number of benzene rings is 6. The van der Waals surface area contributed by atoms with Crippen LogP contribution in [-0.4, -0.2) is 16.9 Å². The maximum atomic E-state index is 5.27. The average Bonchev–Trinajstić information content (AvgIpc) is 3.65. The van der Waals surface area contributed by atoms with E-state index in [-0.39, 0.29) is 17.7 Å². The highest BCUT2D eigenvalue weighted by Gasteiger charge is 2.36. The van der Waals surface area contributed by atoms with Gasteiger partial charge in [0, 0.05) is 21.8 Å². The molecule has 52 heavy (non-hydrogen) atoms. The zero-order valence-electron chi connectivity index (χ0n) is 29.3. The Morgan fingerprint density at radius 1 is 0.577 bits per heavy atom. The minimum Gasteiger partial charge on any atom is -0.352 e. The molecule has 6 aromatic carbocycles. The van der Waals surface area contributed by atoms with Crippen molar-refractivity contribution in [3.8, 4) is 22.3 Å². The standard InChI is InChI=1S/C47H39N5/c1-47(2)39-19-11-9-17-35(39)37-27-38-36-18-10-12-20-41(36)52(42(38)28-40(37)47)43-26-25-34(29-48-43)46-50-44(32-15-7-4-8-16-32)49-45(51-46)33-23-21-31(22-24-33)30-13-5-3-6-14-30/h3-28,44-45,49-51H,29H2,1-2H3. The Morgan fingerprint density at radius 3 is 1.98 bits per heavy atom. The van der Waals surface area contributed by atoms with Crippen molar-refractivity contribution in [2.24, 2.45) is 4.99 Å². The molecule has 2 aliphatic heterocycles. The molecule has 1 saturated heterocycles. The van der Waals surface area contributed by atoms with Crippen molar-refractivity contribution in [1.29, 1.82) is 0 Å². The first kappa shape index (κ1) is 30.6. The first-order valence-corrected chi connectivity index (χ1v) is 18.2. The third kappa shape index (κ3) is 4.92. The number of nitrogens with zero attached hydrogens (tertiary/aromatic N) is 2. The molecule has 0 bridgehead atoms. The van der Waals surface area contributed by atoms with Gasteiger partial charge < -0.3 is 10.6 Å². The van der Waals surface area contributed by atoms with Crippen molar-refractivity contribution in [3.05, 3.63) is 191 Å². The van der Waals surface area contributed by atoms with Gasteiger partial charge >= 0.3 is 0 Å². The van der Waals surface area contributed by atoms with E-state index in [9.17, 15) is 0 Å². The Kier molecular flexibility index (Phi) is 7.05. The summed E-state index contributed by atoms with van der Waals surface area (Å²) in [7, 11) is 0. The molecule has 3 heterocycles. The lowest BCUT2D eigenvalue weighted by Gasteiger charge is -2.37. The van der Waals surface area contributed by atoms with E-state index in [1.165, 1.54) is 66.3 Å². The number of aliphatic imine (C=N–C) groups is 1. The van der Waals surface area contributed by atoms with Crippen molar-refractivity contribution in [2.75, 3.05) is 6.54 Å². The zero-order chi connectivity index (χ0) is 34.8. The molecular weight excluding hydrogens is 635 g/mol. The Labute approximate surface area is 304 Å². The molecule has 7 aromatic rings. The molecule has 0 spiro atoms. The molecule has 5 nitrogen and oxygen atoms in total. The summed E-state index contributed by atoms with van der Waals surface area (Å²) in [6, 6.07) is 52.4.